The van der Waals surface area contributed by atoms with Crippen LogP contribution in [0.25, 0.3) is 0 Å². The van der Waals surface area contributed by atoms with Crippen molar-refractivity contribution in [3.05, 3.63) is 52.5 Å². The highest BCUT2D eigenvalue weighted by atomic mass is 35.5. The van der Waals surface area contributed by atoms with Crippen LogP contribution in [0.5, 0.6) is 5.75 Å². The molecule has 0 unspecified atom stereocenters. The monoisotopic (exact) mass is 476 g/mol. The largest absolute Gasteiger partial charge is 0.495 e. The van der Waals surface area contributed by atoms with Gasteiger partial charge in [-0.3, -0.25) is 19.2 Å². The zero-order valence-electron chi connectivity index (χ0n) is 18.6. The molecule has 1 N–H and O–H groups in total. The molecule has 2 rings (SSSR count). The van der Waals surface area contributed by atoms with Crippen molar-refractivity contribution in [2.75, 3.05) is 43.6 Å². The lowest BCUT2D eigenvalue weighted by Crippen LogP contribution is -2.32. The number of ether oxygens (including phenoxy) is 3. The van der Waals surface area contributed by atoms with Crippen molar-refractivity contribution in [2.45, 2.75) is 13.8 Å². The molecule has 10 heteroatoms. The minimum Gasteiger partial charge on any atom is -0.495 e. The van der Waals surface area contributed by atoms with E-state index < -0.39 is 17.8 Å². The van der Waals surface area contributed by atoms with Crippen LogP contribution in [-0.2, 0) is 19.1 Å². The molecule has 33 heavy (non-hydrogen) atoms. The zero-order chi connectivity index (χ0) is 24.4. The van der Waals surface area contributed by atoms with Crippen LogP contribution in [0.15, 0.2) is 36.4 Å². The Kier molecular flexibility index (Phi) is 9.68. The van der Waals surface area contributed by atoms with Crippen LogP contribution >= 0.6 is 11.6 Å². The summed E-state index contributed by atoms with van der Waals surface area (Å²) >= 11 is 6.11. The number of carbonyl (C=O) groups excluding carboxylic acids is 4. The molecule has 0 saturated carbocycles. The van der Waals surface area contributed by atoms with E-state index in [1.165, 1.54) is 27.0 Å². The van der Waals surface area contributed by atoms with E-state index >= 15 is 0 Å². The third kappa shape index (κ3) is 7.50. The van der Waals surface area contributed by atoms with Gasteiger partial charge < -0.3 is 24.4 Å². The molecule has 0 aliphatic rings. The predicted molar refractivity (Wildman–Crippen MR) is 123 cm³/mol. The number of hydrogen-bond donors (Lipinski definition) is 1. The first kappa shape index (κ1) is 25.7. The molecule has 0 fully saturated rings. The van der Waals surface area contributed by atoms with Crippen molar-refractivity contribution < 1.29 is 33.4 Å². The lowest BCUT2D eigenvalue weighted by Gasteiger charge is -2.27. The Hall–Kier alpha value is -3.59. The molecule has 9 nitrogen and oxygen atoms in total. The van der Waals surface area contributed by atoms with Crippen LogP contribution in [0.3, 0.4) is 0 Å². The van der Waals surface area contributed by atoms with Crippen LogP contribution in [0.1, 0.15) is 34.6 Å². The van der Waals surface area contributed by atoms with E-state index in [2.05, 4.69) is 5.32 Å². The third-order valence-corrected chi connectivity index (χ3v) is 4.85. The number of nitrogens with zero attached hydrogens (tertiary/aromatic N) is 1. The molecule has 0 radical (unpaired) electrons. The van der Waals surface area contributed by atoms with Gasteiger partial charge in [0.25, 0.3) is 5.91 Å². The number of nitrogens with one attached hydrogen (secondary N) is 1. The fourth-order valence-corrected chi connectivity index (χ4v) is 3.21. The minimum absolute atomic E-state index is 0.0648. The molecule has 0 aromatic heterocycles. The van der Waals surface area contributed by atoms with Crippen molar-refractivity contribution in [1.29, 1.82) is 0 Å². The summed E-state index contributed by atoms with van der Waals surface area (Å²) in [7, 11) is 1.44. The summed E-state index contributed by atoms with van der Waals surface area (Å²) in [6.45, 7) is 3.21. The van der Waals surface area contributed by atoms with E-state index in [0.29, 0.717) is 17.7 Å². The second-order valence-electron chi connectivity index (χ2n) is 6.83. The number of methoxy groups -OCH3 is 1. The summed E-state index contributed by atoms with van der Waals surface area (Å²) in [6.07, 6.45) is 0.594. The molecule has 0 bridgehead atoms. The summed E-state index contributed by atoms with van der Waals surface area (Å²) in [4.78, 5) is 48.6. The number of aldehydes is 1. The summed E-state index contributed by atoms with van der Waals surface area (Å²) in [6, 6.07) is 9.57. The third-order valence-electron chi connectivity index (χ3n) is 4.52. The quantitative estimate of drug-likeness (QED) is 0.388. The molecule has 0 aliphatic carbocycles. The predicted octanol–water partition coefficient (Wildman–Crippen LogP) is 3.35. The molecule has 0 atom stereocenters. The Labute approximate surface area is 196 Å². The van der Waals surface area contributed by atoms with E-state index in [9.17, 15) is 19.2 Å². The van der Waals surface area contributed by atoms with Gasteiger partial charge in [-0.15, -0.1) is 0 Å². The first-order valence-corrected chi connectivity index (χ1v) is 10.4. The maximum atomic E-state index is 12.8. The second kappa shape index (κ2) is 12.4. The Morgan fingerprint density at radius 2 is 1.64 bits per heavy atom. The SMILES string of the molecule is COc1cc(C=O)c(NC(=O)c2ccccc2Cl)cc1N(CCOC(C)=O)CCOC(C)=O. The molecule has 0 heterocycles. The summed E-state index contributed by atoms with van der Waals surface area (Å²) < 4.78 is 15.5. The molecule has 176 valence electrons. The van der Waals surface area contributed by atoms with E-state index in [1.807, 2.05) is 0 Å². The Bertz CT molecular complexity index is 1010. The first-order chi connectivity index (χ1) is 15.8. The molecule has 2 aromatic rings. The van der Waals surface area contributed by atoms with Crippen LogP contribution < -0.4 is 15.0 Å². The Balaban J connectivity index is 2.40. The van der Waals surface area contributed by atoms with Crippen molar-refractivity contribution in [1.82, 2.24) is 0 Å². The summed E-state index contributed by atoms with van der Waals surface area (Å²) in [5, 5.41) is 2.97. The number of carbonyl (C=O) groups is 4. The van der Waals surface area contributed by atoms with E-state index in [-0.39, 0.29) is 48.1 Å². The summed E-state index contributed by atoms with van der Waals surface area (Å²) in [5.74, 6) is -1.03. The average Bonchev–Trinajstić information content (AvgIpc) is 2.77. The number of amides is 1. The fraction of sp³-hybridized carbons (Fsp3) is 0.304. The lowest BCUT2D eigenvalue weighted by atomic mass is 10.1. The smallest absolute Gasteiger partial charge is 0.302 e. The van der Waals surface area contributed by atoms with Crippen molar-refractivity contribution in [3.8, 4) is 5.75 Å². The summed E-state index contributed by atoms with van der Waals surface area (Å²) in [5.41, 5.74) is 1.17. The maximum Gasteiger partial charge on any atom is 0.302 e. The molecule has 1 amide bonds. The number of anilines is 2. The van der Waals surface area contributed by atoms with E-state index in [4.69, 9.17) is 25.8 Å². The molecular formula is C23H25ClN2O7. The molecule has 0 aliphatic heterocycles. The number of rotatable bonds is 11. The van der Waals surface area contributed by atoms with Crippen molar-refractivity contribution >= 4 is 47.1 Å². The fourth-order valence-electron chi connectivity index (χ4n) is 2.99. The van der Waals surface area contributed by atoms with Gasteiger partial charge in [0.1, 0.15) is 19.0 Å². The highest BCUT2D eigenvalue weighted by Crippen LogP contribution is 2.34. The standard InChI is InChI=1S/C23H25ClN2O7/c1-15(28)32-10-8-26(9-11-33-16(2)29)21-13-20(17(14-27)12-22(21)31-3)25-23(30)18-6-4-5-7-19(18)24/h4-7,12-14H,8-11H2,1-3H3,(H,25,30). The molecule has 0 spiro atoms. The van der Waals surface area contributed by atoms with Gasteiger partial charge in [0.05, 0.1) is 42.2 Å². The van der Waals surface area contributed by atoms with Crippen LogP contribution in [0.4, 0.5) is 11.4 Å². The zero-order valence-corrected chi connectivity index (χ0v) is 19.3. The van der Waals surface area contributed by atoms with E-state index in [0.717, 1.165) is 0 Å². The number of halogens is 1. The van der Waals surface area contributed by atoms with Crippen molar-refractivity contribution in [2.24, 2.45) is 0 Å². The van der Waals surface area contributed by atoms with Gasteiger partial charge in [-0.25, -0.2) is 0 Å². The van der Waals surface area contributed by atoms with Gasteiger partial charge in [-0.05, 0) is 24.3 Å². The van der Waals surface area contributed by atoms with Crippen LogP contribution in [-0.4, -0.2) is 57.5 Å². The molecular weight excluding hydrogens is 452 g/mol. The van der Waals surface area contributed by atoms with E-state index in [1.54, 1.807) is 35.2 Å². The minimum atomic E-state index is -0.494. The van der Waals surface area contributed by atoms with Gasteiger partial charge in [0.2, 0.25) is 0 Å². The normalized spacial score (nSPS) is 10.2. The Morgan fingerprint density at radius 3 is 2.15 bits per heavy atom. The Morgan fingerprint density at radius 1 is 1.03 bits per heavy atom. The van der Waals surface area contributed by atoms with Gasteiger partial charge in [-0.1, -0.05) is 23.7 Å². The van der Waals surface area contributed by atoms with Gasteiger partial charge in [0.15, 0.2) is 6.29 Å². The highest BCUT2D eigenvalue weighted by molar-refractivity contribution is 6.34. The van der Waals surface area contributed by atoms with Crippen molar-refractivity contribution in [3.63, 3.8) is 0 Å². The maximum absolute atomic E-state index is 12.8. The van der Waals surface area contributed by atoms with Gasteiger partial charge in [-0.2, -0.15) is 0 Å². The molecule has 0 saturated heterocycles. The van der Waals surface area contributed by atoms with Gasteiger partial charge >= 0.3 is 11.9 Å². The van der Waals surface area contributed by atoms with Crippen LogP contribution in [0.2, 0.25) is 5.02 Å². The highest BCUT2D eigenvalue weighted by Gasteiger charge is 2.19. The average molecular weight is 477 g/mol. The lowest BCUT2D eigenvalue weighted by molar-refractivity contribution is -0.141. The van der Waals surface area contributed by atoms with Gasteiger partial charge in [0, 0.05) is 19.4 Å². The number of esters is 2. The second-order valence-corrected chi connectivity index (χ2v) is 7.24. The number of hydrogen-bond acceptors (Lipinski definition) is 8. The topological polar surface area (TPSA) is 111 Å². The molecule has 2 aromatic carbocycles. The number of benzene rings is 2. The van der Waals surface area contributed by atoms with Crippen LogP contribution in [0, 0.1) is 0 Å². The first-order valence-electron chi connectivity index (χ1n) is 10.0.